The van der Waals surface area contributed by atoms with Crippen LogP contribution in [-0.2, 0) is 11.3 Å². The average Bonchev–Trinajstić information content (AvgIpc) is 3.08. The molecule has 0 aliphatic heterocycles. The molecular weight excluding hydrogens is 318 g/mol. The molecule has 0 unspecified atom stereocenters. The topological polar surface area (TPSA) is 88.9 Å². The standard InChI is InChI=1S/C18H17N5O2/c24-17(12-20-18(25)15-4-2-1-3-5-15)21-16-8-11-23(22-16)13-14-6-9-19-10-7-14/h1-11H,12-13H2,(H,20,25)(H,21,22,24). The number of aromatic nitrogens is 3. The van der Waals surface area contributed by atoms with E-state index in [0.717, 1.165) is 5.56 Å². The molecule has 0 aliphatic rings. The fourth-order valence-corrected chi connectivity index (χ4v) is 2.23. The molecule has 7 nitrogen and oxygen atoms in total. The summed E-state index contributed by atoms with van der Waals surface area (Å²) in [5.74, 6) is -0.189. The molecule has 1 aromatic carbocycles. The number of hydrogen-bond acceptors (Lipinski definition) is 4. The molecule has 0 atom stereocenters. The SMILES string of the molecule is O=C(CNC(=O)c1ccccc1)Nc1ccn(Cc2ccncc2)n1. The van der Waals surface area contributed by atoms with Gasteiger partial charge < -0.3 is 10.6 Å². The second-order valence-electron chi connectivity index (χ2n) is 5.35. The minimum atomic E-state index is -0.335. The lowest BCUT2D eigenvalue weighted by Crippen LogP contribution is -2.32. The van der Waals surface area contributed by atoms with Gasteiger partial charge in [0.1, 0.15) is 0 Å². The number of anilines is 1. The smallest absolute Gasteiger partial charge is 0.251 e. The van der Waals surface area contributed by atoms with Crippen LogP contribution >= 0.6 is 0 Å². The lowest BCUT2D eigenvalue weighted by molar-refractivity contribution is -0.115. The van der Waals surface area contributed by atoms with Gasteiger partial charge in [0, 0.05) is 30.2 Å². The van der Waals surface area contributed by atoms with Crippen LogP contribution < -0.4 is 10.6 Å². The third kappa shape index (κ3) is 4.74. The number of benzene rings is 1. The van der Waals surface area contributed by atoms with E-state index in [2.05, 4.69) is 20.7 Å². The van der Waals surface area contributed by atoms with Crippen molar-refractivity contribution in [3.8, 4) is 0 Å². The Kier molecular flexibility index (Phi) is 5.16. The molecule has 0 saturated heterocycles. The second-order valence-corrected chi connectivity index (χ2v) is 5.35. The van der Waals surface area contributed by atoms with Gasteiger partial charge in [-0.15, -0.1) is 0 Å². The van der Waals surface area contributed by atoms with E-state index < -0.39 is 0 Å². The van der Waals surface area contributed by atoms with Crippen LogP contribution in [-0.4, -0.2) is 33.1 Å². The van der Waals surface area contributed by atoms with Crippen molar-refractivity contribution in [3.63, 3.8) is 0 Å². The molecule has 2 N–H and O–H groups in total. The number of pyridine rings is 1. The number of carbonyl (C=O) groups excluding carboxylic acids is 2. The Bertz CT molecular complexity index is 846. The molecule has 25 heavy (non-hydrogen) atoms. The fourth-order valence-electron chi connectivity index (χ4n) is 2.23. The van der Waals surface area contributed by atoms with Crippen LogP contribution in [0.15, 0.2) is 67.1 Å². The highest BCUT2D eigenvalue weighted by molar-refractivity contribution is 5.98. The Balaban J connectivity index is 1.49. The molecule has 2 amide bonds. The Hall–Kier alpha value is -3.48. The maximum absolute atomic E-state index is 11.9. The summed E-state index contributed by atoms with van der Waals surface area (Å²) in [5.41, 5.74) is 1.57. The van der Waals surface area contributed by atoms with Crippen LogP contribution in [0.3, 0.4) is 0 Å². The summed E-state index contributed by atoms with van der Waals surface area (Å²) in [6.07, 6.45) is 5.21. The molecule has 2 aromatic heterocycles. The minimum Gasteiger partial charge on any atom is -0.343 e. The van der Waals surface area contributed by atoms with Gasteiger partial charge in [-0.25, -0.2) is 0 Å². The zero-order chi connectivity index (χ0) is 17.5. The normalized spacial score (nSPS) is 10.2. The van der Waals surface area contributed by atoms with Crippen LogP contribution in [0.2, 0.25) is 0 Å². The van der Waals surface area contributed by atoms with E-state index in [4.69, 9.17) is 0 Å². The molecule has 3 rings (SSSR count). The predicted molar refractivity (Wildman–Crippen MR) is 93.0 cm³/mol. The minimum absolute atomic E-state index is 0.120. The molecule has 0 saturated carbocycles. The van der Waals surface area contributed by atoms with Gasteiger partial charge in [-0.05, 0) is 29.8 Å². The maximum Gasteiger partial charge on any atom is 0.251 e. The second kappa shape index (κ2) is 7.87. The van der Waals surface area contributed by atoms with Crippen molar-refractivity contribution in [2.75, 3.05) is 11.9 Å². The highest BCUT2D eigenvalue weighted by atomic mass is 16.2. The van der Waals surface area contributed by atoms with Crippen LogP contribution in [0, 0.1) is 0 Å². The van der Waals surface area contributed by atoms with Gasteiger partial charge in [0.15, 0.2) is 5.82 Å². The Morgan fingerprint density at radius 2 is 1.76 bits per heavy atom. The van der Waals surface area contributed by atoms with E-state index in [1.165, 1.54) is 0 Å². The molecule has 0 aliphatic carbocycles. The number of rotatable bonds is 6. The van der Waals surface area contributed by atoms with Gasteiger partial charge in [-0.3, -0.25) is 19.3 Å². The molecule has 0 spiro atoms. The third-order valence-electron chi connectivity index (χ3n) is 3.45. The van der Waals surface area contributed by atoms with Crippen molar-refractivity contribution in [1.29, 1.82) is 0 Å². The first-order valence-electron chi connectivity index (χ1n) is 7.76. The zero-order valence-electron chi connectivity index (χ0n) is 13.4. The summed E-state index contributed by atoms with van der Waals surface area (Å²) in [4.78, 5) is 27.8. The Morgan fingerprint density at radius 3 is 2.52 bits per heavy atom. The molecule has 126 valence electrons. The van der Waals surface area contributed by atoms with Gasteiger partial charge >= 0.3 is 0 Å². The van der Waals surface area contributed by atoms with Gasteiger partial charge in [0.25, 0.3) is 5.91 Å². The first kappa shape index (κ1) is 16.4. The molecular formula is C18H17N5O2. The number of nitrogens with one attached hydrogen (secondary N) is 2. The van der Waals surface area contributed by atoms with Crippen LogP contribution in [0.1, 0.15) is 15.9 Å². The van der Waals surface area contributed by atoms with E-state index in [-0.39, 0.29) is 18.4 Å². The van der Waals surface area contributed by atoms with E-state index >= 15 is 0 Å². The highest BCUT2D eigenvalue weighted by Crippen LogP contribution is 2.05. The first-order chi connectivity index (χ1) is 12.2. The lowest BCUT2D eigenvalue weighted by Gasteiger charge is -2.05. The van der Waals surface area contributed by atoms with Crippen LogP contribution in [0.4, 0.5) is 5.82 Å². The van der Waals surface area contributed by atoms with Gasteiger partial charge in [0.2, 0.25) is 5.91 Å². The molecule has 0 bridgehead atoms. The summed E-state index contributed by atoms with van der Waals surface area (Å²) in [6.45, 7) is 0.466. The fraction of sp³-hybridized carbons (Fsp3) is 0.111. The van der Waals surface area contributed by atoms with Gasteiger partial charge in [-0.1, -0.05) is 18.2 Å². The summed E-state index contributed by atoms with van der Waals surface area (Å²) in [7, 11) is 0. The third-order valence-corrected chi connectivity index (χ3v) is 3.45. The van der Waals surface area contributed by atoms with Crippen molar-refractivity contribution in [1.82, 2.24) is 20.1 Å². The highest BCUT2D eigenvalue weighted by Gasteiger charge is 2.09. The zero-order valence-corrected chi connectivity index (χ0v) is 13.4. The number of hydrogen-bond donors (Lipinski definition) is 2. The average molecular weight is 335 g/mol. The van der Waals surface area contributed by atoms with Gasteiger partial charge in [-0.2, -0.15) is 5.10 Å². The summed E-state index contributed by atoms with van der Waals surface area (Å²) in [6, 6.07) is 14.2. The van der Waals surface area contributed by atoms with E-state index in [0.29, 0.717) is 17.9 Å². The molecule has 7 heteroatoms. The molecule has 0 radical (unpaired) electrons. The Morgan fingerprint density at radius 1 is 1.00 bits per heavy atom. The van der Waals surface area contributed by atoms with Crippen LogP contribution in [0.25, 0.3) is 0 Å². The first-order valence-corrected chi connectivity index (χ1v) is 7.76. The van der Waals surface area contributed by atoms with Crippen LogP contribution in [0.5, 0.6) is 0 Å². The monoisotopic (exact) mass is 335 g/mol. The van der Waals surface area contributed by atoms with Crippen molar-refractivity contribution in [2.24, 2.45) is 0 Å². The number of carbonyl (C=O) groups is 2. The van der Waals surface area contributed by atoms with Gasteiger partial charge in [0.05, 0.1) is 13.1 Å². The van der Waals surface area contributed by atoms with Crippen molar-refractivity contribution >= 4 is 17.6 Å². The van der Waals surface area contributed by atoms with E-state index in [1.807, 2.05) is 18.2 Å². The van der Waals surface area contributed by atoms with Crippen molar-refractivity contribution < 1.29 is 9.59 Å². The molecule has 2 heterocycles. The summed E-state index contributed by atoms with van der Waals surface area (Å²) in [5, 5.41) is 9.51. The molecule has 3 aromatic rings. The van der Waals surface area contributed by atoms with Crippen molar-refractivity contribution in [3.05, 3.63) is 78.2 Å². The number of amides is 2. The molecule has 0 fully saturated rings. The summed E-state index contributed by atoms with van der Waals surface area (Å²) < 4.78 is 1.72. The Labute approximate surface area is 144 Å². The maximum atomic E-state index is 11.9. The predicted octanol–water partition coefficient (Wildman–Crippen LogP) is 1.69. The largest absolute Gasteiger partial charge is 0.343 e. The quantitative estimate of drug-likeness (QED) is 0.717. The van der Waals surface area contributed by atoms with E-state index in [9.17, 15) is 9.59 Å². The lowest BCUT2D eigenvalue weighted by atomic mass is 10.2. The van der Waals surface area contributed by atoms with E-state index in [1.54, 1.807) is 53.6 Å². The number of nitrogens with zero attached hydrogens (tertiary/aromatic N) is 3. The summed E-state index contributed by atoms with van der Waals surface area (Å²) >= 11 is 0. The van der Waals surface area contributed by atoms with Crippen molar-refractivity contribution in [2.45, 2.75) is 6.54 Å².